The molecule has 0 saturated heterocycles. The maximum Gasteiger partial charge on any atom is 0.573 e. The first-order chi connectivity index (χ1) is 10.2. The van der Waals surface area contributed by atoms with E-state index in [2.05, 4.69) is 10.1 Å². The molecule has 8 heteroatoms. The Morgan fingerprint density at radius 2 is 1.68 bits per heavy atom. The number of anilines is 2. The predicted octanol–water partition coefficient (Wildman–Crippen LogP) is 3.92. The van der Waals surface area contributed by atoms with Gasteiger partial charge in [-0.3, -0.25) is 5.32 Å². The van der Waals surface area contributed by atoms with Gasteiger partial charge in [0.25, 0.3) is 0 Å². The number of carboxylic acid groups (broad SMARTS) is 1. The molecule has 22 heavy (non-hydrogen) atoms. The van der Waals surface area contributed by atoms with Gasteiger partial charge in [0.15, 0.2) is 0 Å². The Balaban J connectivity index is 2.21. The average molecular weight is 312 g/mol. The van der Waals surface area contributed by atoms with E-state index in [1.54, 1.807) is 6.07 Å². The van der Waals surface area contributed by atoms with Crippen LogP contribution in [0.15, 0.2) is 42.5 Å². The van der Waals surface area contributed by atoms with E-state index in [0.29, 0.717) is 11.1 Å². The van der Waals surface area contributed by atoms with Crippen molar-refractivity contribution in [2.45, 2.75) is 6.36 Å². The van der Waals surface area contributed by atoms with Crippen LogP contribution in [-0.4, -0.2) is 17.6 Å². The molecule has 0 spiro atoms. The van der Waals surface area contributed by atoms with Gasteiger partial charge in [0, 0.05) is 0 Å². The summed E-state index contributed by atoms with van der Waals surface area (Å²) in [7, 11) is 0. The fourth-order valence-corrected chi connectivity index (χ4v) is 1.82. The largest absolute Gasteiger partial charge is 0.573 e. The van der Waals surface area contributed by atoms with Gasteiger partial charge in [-0.25, -0.2) is 4.79 Å². The third kappa shape index (κ3) is 4.05. The fourth-order valence-electron chi connectivity index (χ4n) is 1.82. The van der Waals surface area contributed by atoms with E-state index >= 15 is 0 Å². The molecule has 116 valence electrons. The summed E-state index contributed by atoms with van der Waals surface area (Å²) in [4.78, 5) is 10.6. The lowest BCUT2D eigenvalue weighted by Crippen LogP contribution is -2.16. The van der Waals surface area contributed by atoms with Crippen molar-refractivity contribution in [2.75, 3.05) is 11.1 Å². The Bertz CT molecular complexity index is 685. The summed E-state index contributed by atoms with van der Waals surface area (Å²) in [5.41, 5.74) is 7.40. The molecule has 1 amide bonds. The smallest absolute Gasteiger partial charge is 0.465 e. The third-order valence-corrected chi connectivity index (χ3v) is 2.71. The predicted molar refractivity (Wildman–Crippen MR) is 74.6 cm³/mol. The highest BCUT2D eigenvalue weighted by Gasteiger charge is 2.30. The molecule has 2 aromatic carbocycles. The SMILES string of the molecule is Nc1cc(-c2ccc(OC(F)(F)F)cc2)ccc1NC(=O)O. The molecule has 4 N–H and O–H groups in total. The summed E-state index contributed by atoms with van der Waals surface area (Å²) in [6, 6.07) is 9.84. The number of hydrogen-bond donors (Lipinski definition) is 3. The molecule has 0 atom stereocenters. The van der Waals surface area contributed by atoms with Crippen LogP contribution in [0.1, 0.15) is 0 Å². The van der Waals surface area contributed by atoms with Gasteiger partial charge in [0.1, 0.15) is 5.75 Å². The van der Waals surface area contributed by atoms with Crippen LogP contribution in [0.3, 0.4) is 0 Å². The maximum absolute atomic E-state index is 12.1. The number of ether oxygens (including phenoxy) is 1. The van der Waals surface area contributed by atoms with Crippen LogP contribution in [0.5, 0.6) is 5.75 Å². The fraction of sp³-hybridized carbons (Fsp3) is 0.0714. The van der Waals surface area contributed by atoms with Gasteiger partial charge in [-0.15, -0.1) is 13.2 Å². The number of alkyl halides is 3. The van der Waals surface area contributed by atoms with Crippen molar-refractivity contribution in [3.05, 3.63) is 42.5 Å². The van der Waals surface area contributed by atoms with E-state index in [1.165, 1.54) is 36.4 Å². The molecule has 0 aliphatic carbocycles. The van der Waals surface area contributed by atoms with Crippen LogP contribution in [-0.2, 0) is 0 Å². The molecule has 0 aromatic heterocycles. The minimum atomic E-state index is -4.74. The molecule has 0 aliphatic rings. The van der Waals surface area contributed by atoms with E-state index in [9.17, 15) is 18.0 Å². The summed E-state index contributed by atoms with van der Waals surface area (Å²) in [6.07, 6.45) is -5.98. The van der Waals surface area contributed by atoms with Crippen molar-refractivity contribution >= 4 is 17.5 Å². The quantitative estimate of drug-likeness (QED) is 0.750. The summed E-state index contributed by atoms with van der Waals surface area (Å²) in [5, 5.41) is 10.8. The van der Waals surface area contributed by atoms with Crippen molar-refractivity contribution in [1.82, 2.24) is 0 Å². The Hall–Kier alpha value is -2.90. The molecule has 2 aromatic rings. The normalized spacial score (nSPS) is 11.0. The first-order valence-electron chi connectivity index (χ1n) is 6.00. The topological polar surface area (TPSA) is 84.6 Å². The van der Waals surface area contributed by atoms with E-state index in [4.69, 9.17) is 10.8 Å². The van der Waals surface area contributed by atoms with Gasteiger partial charge in [-0.1, -0.05) is 18.2 Å². The number of nitrogens with two attached hydrogens (primary N) is 1. The number of rotatable bonds is 3. The molecular formula is C14H11F3N2O3. The van der Waals surface area contributed by atoms with Crippen LogP contribution < -0.4 is 15.8 Å². The zero-order valence-corrected chi connectivity index (χ0v) is 11.0. The Morgan fingerprint density at radius 3 is 2.18 bits per heavy atom. The van der Waals surface area contributed by atoms with E-state index < -0.39 is 12.5 Å². The highest BCUT2D eigenvalue weighted by molar-refractivity contribution is 5.89. The molecule has 2 rings (SSSR count). The lowest BCUT2D eigenvalue weighted by Gasteiger charge is -2.10. The van der Waals surface area contributed by atoms with Crippen molar-refractivity contribution in [1.29, 1.82) is 0 Å². The van der Waals surface area contributed by atoms with Crippen LogP contribution in [0.25, 0.3) is 11.1 Å². The second kappa shape index (κ2) is 5.84. The summed E-state index contributed by atoms with van der Waals surface area (Å²) >= 11 is 0. The van der Waals surface area contributed by atoms with Crippen molar-refractivity contribution in [2.24, 2.45) is 0 Å². The van der Waals surface area contributed by atoms with Gasteiger partial charge in [-0.2, -0.15) is 0 Å². The molecule has 0 heterocycles. The maximum atomic E-state index is 12.1. The number of nitrogens with one attached hydrogen (secondary N) is 1. The standard InChI is InChI=1S/C14H11F3N2O3/c15-14(16,17)22-10-4-1-8(2-5-10)9-3-6-12(11(18)7-9)19-13(20)21/h1-7,19H,18H2,(H,20,21). The monoisotopic (exact) mass is 312 g/mol. The molecule has 0 radical (unpaired) electrons. The highest BCUT2D eigenvalue weighted by atomic mass is 19.4. The molecule has 5 nitrogen and oxygen atoms in total. The van der Waals surface area contributed by atoms with Gasteiger partial charge in [-0.05, 0) is 35.4 Å². The zero-order chi connectivity index (χ0) is 16.3. The van der Waals surface area contributed by atoms with Gasteiger partial charge < -0.3 is 15.6 Å². The molecule has 0 fully saturated rings. The zero-order valence-electron chi connectivity index (χ0n) is 11.0. The lowest BCUT2D eigenvalue weighted by molar-refractivity contribution is -0.274. The number of amides is 1. The van der Waals surface area contributed by atoms with Crippen LogP contribution in [0.2, 0.25) is 0 Å². The summed E-state index contributed by atoms with van der Waals surface area (Å²) < 4.78 is 40.0. The van der Waals surface area contributed by atoms with Gasteiger partial charge >= 0.3 is 12.5 Å². The molecule has 0 saturated carbocycles. The molecule has 0 unspecified atom stereocenters. The second-order valence-corrected chi connectivity index (χ2v) is 4.30. The average Bonchev–Trinajstić information content (AvgIpc) is 2.40. The highest BCUT2D eigenvalue weighted by Crippen LogP contribution is 2.29. The van der Waals surface area contributed by atoms with E-state index in [1.807, 2.05) is 0 Å². The Morgan fingerprint density at radius 1 is 1.09 bits per heavy atom. The number of nitrogen functional groups attached to an aromatic ring is 1. The number of hydrogen-bond acceptors (Lipinski definition) is 3. The van der Waals surface area contributed by atoms with Gasteiger partial charge in [0.2, 0.25) is 0 Å². The number of halogens is 3. The lowest BCUT2D eigenvalue weighted by atomic mass is 10.0. The molecular weight excluding hydrogens is 301 g/mol. The van der Waals surface area contributed by atoms with Crippen molar-refractivity contribution in [3.63, 3.8) is 0 Å². The first kappa shape index (κ1) is 15.5. The summed E-state index contributed by atoms with van der Waals surface area (Å²) in [6.45, 7) is 0. The Kier molecular flexibility index (Phi) is 4.11. The van der Waals surface area contributed by atoms with Crippen LogP contribution in [0.4, 0.5) is 29.3 Å². The number of carbonyl (C=O) groups is 1. The van der Waals surface area contributed by atoms with Crippen LogP contribution >= 0.6 is 0 Å². The number of benzene rings is 2. The first-order valence-corrected chi connectivity index (χ1v) is 6.00. The van der Waals surface area contributed by atoms with Crippen molar-refractivity contribution in [3.8, 4) is 16.9 Å². The minimum absolute atomic E-state index is 0.204. The van der Waals surface area contributed by atoms with Crippen molar-refractivity contribution < 1.29 is 27.8 Å². The minimum Gasteiger partial charge on any atom is -0.465 e. The third-order valence-electron chi connectivity index (χ3n) is 2.71. The summed E-state index contributed by atoms with van der Waals surface area (Å²) in [5.74, 6) is -0.326. The van der Waals surface area contributed by atoms with Gasteiger partial charge in [0.05, 0.1) is 11.4 Å². The second-order valence-electron chi connectivity index (χ2n) is 4.30. The molecule has 0 bridgehead atoms. The Labute approximate surface area is 123 Å². The van der Waals surface area contributed by atoms with E-state index in [-0.39, 0.29) is 17.1 Å². The molecule has 0 aliphatic heterocycles. The van der Waals surface area contributed by atoms with Crippen LogP contribution in [0, 0.1) is 0 Å². The van der Waals surface area contributed by atoms with E-state index in [0.717, 1.165) is 0 Å².